The number of nitrogens with zero attached hydrogens (tertiary/aromatic N) is 1. The second kappa shape index (κ2) is 64.1. The lowest BCUT2D eigenvalue weighted by atomic mass is 9.84. The summed E-state index contributed by atoms with van der Waals surface area (Å²) in [5.41, 5.74) is 16.3. The maximum atomic E-state index is 14.7. The number of benzene rings is 1. The van der Waals surface area contributed by atoms with Crippen LogP contribution in [0.2, 0.25) is 0 Å². The number of carbonyl (C=O) groups excluding carboxylic acids is 19. The molecule has 0 bridgehead atoms. The second-order valence-corrected chi connectivity index (χ2v) is 38.7. The van der Waals surface area contributed by atoms with Crippen molar-refractivity contribution in [2.24, 2.45) is 64.0 Å². The third kappa shape index (κ3) is 46.5. The molecule has 0 aliphatic rings. The summed E-state index contributed by atoms with van der Waals surface area (Å²) in [5.74, 6) is -31.5. The van der Waals surface area contributed by atoms with E-state index in [0.29, 0.717) is 12.0 Å². The van der Waals surface area contributed by atoms with Gasteiger partial charge in [0.1, 0.15) is 96.7 Å². The molecule has 1 rings (SSSR count). The maximum Gasteiger partial charge on any atom is 0.328 e. The Morgan fingerprint density at radius 1 is 0.384 bits per heavy atom. The number of aliphatic hydroxyl groups excluding tert-OH is 3. The van der Waals surface area contributed by atoms with Gasteiger partial charge in [-0.25, -0.2) is 4.79 Å². The Hall–Kier alpha value is -13.9. The molecule has 0 aliphatic carbocycles. The first-order valence-electron chi connectivity index (χ1n) is 48.2. The first-order valence-corrected chi connectivity index (χ1v) is 48.2. The van der Waals surface area contributed by atoms with Gasteiger partial charge < -0.3 is 154 Å². The fraction of sp³-hybridized carbons (Fsp3) is 0.677. The minimum atomic E-state index is -2.00. The molecule has 1 aromatic rings. The Morgan fingerprint density at radius 2 is 0.733 bits per heavy atom. The van der Waals surface area contributed by atoms with Gasteiger partial charge in [0.25, 0.3) is 0 Å². The van der Waals surface area contributed by atoms with Crippen molar-refractivity contribution in [2.45, 2.75) is 317 Å². The first-order chi connectivity index (χ1) is 67.9. The molecule has 20 atom stereocenters. The van der Waals surface area contributed by atoms with Crippen molar-refractivity contribution in [3.05, 3.63) is 35.9 Å². The standard InChI is InChI=1S/C93H155N23O30/c1-20-48(13)71(114-82(136)59(41-117)107-79(133)56(31-34-65(125)126)104-89(143)73(50(15)119)115-86(140)67(44(5)6)109-62(121)39-99-76(130)58(38-66(127)128)106-88(142)72(49(14)21-2)113-75(129)52(94)36-43(3)4)83(137)100-40-63(122)116(19)74(93(16,17)18)90(144)112-70(47(11)12)87(141)111-69(46(9)10)85(139)102-54(29-32-61(95)120)80(134)110-68(45(7)8)84(138)103-55(30-33-64(123)124)78(132)101-53(28-25-35-98-92(96)97)77(131)105-57(37-51-26-23-22-24-27-51)81(135)108-60(42-118)91(145)146/h22-24,26-27,43-50,52-60,67-74,117-119H,20-21,25,28-42,94H2,1-19H3,(H2,95,120)(H,99,130)(H,100,137)(H,101,132)(H,102,139)(H,103,138)(H,104,143)(H,105,131)(H,106,142)(H,107,133)(H,108,135)(H,109,121)(H,110,134)(H,111,141)(H,112,144)(H,113,129)(H,114,136)(H,115,140)(H,123,124)(H,125,126)(H,127,128)(H,145,146)(H4,96,97,98)/t48-,49-,50+,52-,53-,54-,55-,56-,57-,58-,59-,60-,67-,68-,69-,70-,71-,72-,73-,74+/m0/s1. The summed E-state index contributed by atoms with van der Waals surface area (Å²) in [7, 11) is 1.21. The summed E-state index contributed by atoms with van der Waals surface area (Å²) in [6.07, 6.45) is -6.66. The van der Waals surface area contributed by atoms with Crippen LogP contribution in [-0.4, -0.2) is 331 Å². The molecule has 53 nitrogen and oxygen atoms in total. The van der Waals surface area contributed by atoms with Gasteiger partial charge in [-0.2, -0.15) is 0 Å². The van der Waals surface area contributed by atoms with Crippen LogP contribution in [0.1, 0.15) is 207 Å². The number of hydrogen-bond acceptors (Lipinski definition) is 28. The number of nitrogens with two attached hydrogens (primary N) is 3. The van der Waals surface area contributed by atoms with E-state index < -0.39 is 363 Å². The number of aliphatic hydroxyl groups is 3. The predicted molar refractivity (Wildman–Crippen MR) is 524 cm³/mol. The van der Waals surface area contributed by atoms with Gasteiger partial charge in [-0.05, 0) is 97.9 Å². The number of primary amides is 1. The Bertz CT molecular complexity index is 4650. The van der Waals surface area contributed by atoms with Crippen LogP contribution in [0.3, 0.4) is 0 Å². The molecule has 53 heteroatoms. The zero-order chi connectivity index (χ0) is 112. The molecule has 0 saturated carbocycles. The Kier molecular flexibility index (Phi) is 57.1. The van der Waals surface area contributed by atoms with Crippen molar-refractivity contribution in [1.29, 1.82) is 5.41 Å². The van der Waals surface area contributed by atoms with Gasteiger partial charge in [-0.3, -0.25) is 111 Å². The van der Waals surface area contributed by atoms with Crippen LogP contribution in [0.4, 0.5) is 0 Å². The van der Waals surface area contributed by atoms with Crippen molar-refractivity contribution in [3.63, 3.8) is 0 Å². The van der Waals surface area contributed by atoms with Gasteiger partial charge in [0.05, 0.1) is 44.9 Å². The molecule has 32 N–H and O–H groups in total. The van der Waals surface area contributed by atoms with Crippen LogP contribution >= 0.6 is 0 Å². The zero-order valence-corrected chi connectivity index (χ0v) is 86.2. The first kappa shape index (κ1) is 130. The van der Waals surface area contributed by atoms with E-state index in [1.807, 2.05) is 13.8 Å². The summed E-state index contributed by atoms with van der Waals surface area (Å²) in [6.45, 7) is 23.6. The highest BCUT2D eigenvalue weighted by atomic mass is 16.4. The summed E-state index contributed by atoms with van der Waals surface area (Å²) in [5, 5.41) is 121. The average Bonchev–Trinajstić information content (AvgIpc) is 0.827. The van der Waals surface area contributed by atoms with Crippen molar-refractivity contribution >= 4 is 142 Å². The maximum absolute atomic E-state index is 14.7. The van der Waals surface area contributed by atoms with Crippen molar-refractivity contribution in [1.82, 2.24) is 101 Å². The number of guanidine groups is 1. The molecule has 0 unspecified atom stereocenters. The molecule has 0 aliphatic heterocycles. The fourth-order valence-corrected chi connectivity index (χ4v) is 14.6. The molecule has 822 valence electrons. The number of hydrogen-bond donors (Lipinski definition) is 29. The number of rotatable bonds is 67. The van der Waals surface area contributed by atoms with Crippen LogP contribution in [0, 0.1) is 52.2 Å². The highest BCUT2D eigenvalue weighted by Crippen LogP contribution is 2.26. The van der Waals surface area contributed by atoms with E-state index in [0.717, 1.165) is 11.8 Å². The largest absolute Gasteiger partial charge is 0.481 e. The quantitative estimate of drug-likeness (QED) is 0.0164. The fourth-order valence-electron chi connectivity index (χ4n) is 14.6. The molecule has 0 spiro atoms. The lowest BCUT2D eigenvalue weighted by molar-refractivity contribution is -0.144. The van der Waals surface area contributed by atoms with Crippen LogP contribution in [0.15, 0.2) is 30.3 Å². The van der Waals surface area contributed by atoms with E-state index >= 15 is 0 Å². The topological polar surface area (TPSA) is 856 Å². The van der Waals surface area contributed by atoms with E-state index in [-0.39, 0.29) is 44.6 Å². The van der Waals surface area contributed by atoms with Crippen LogP contribution in [0.25, 0.3) is 0 Å². The highest BCUT2D eigenvalue weighted by Gasteiger charge is 2.44. The lowest BCUT2D eigenvalue weighted by Crippen LogP contribution is -2.63. The molecule has 0 heterocycles. The van der Waals surface area contributed by atoms with Gasteiger partial charge in [-0.1, -0.05) is 161 Å². The Balaban J connectivity index is 3.54. The number of amides is 19. The number of carboxylic acid groups (broad SMARTS) is 4. The van der Waals surface area contributed by atoms with Gasteiger partial charge >= 0.3 is 23.9 Å². The molecule has 19 amide bonds. The monoisotopic (exact) mass is 2070 g/mol. The Morgan fingerprint density at radius 3 is 1.15 bits per heavy atom. The molecule has 0 saturated heterocycles. The van der Waals surface area contributed by atoms with E-state index in [4.69, 9.17) is 22.6 Å². The minimum absolute atomic E-state index is 0.0104. The number of aliphatic carboxylic acids is 4. The third-order valence-electron chi connectivity index (χ3n) is 23.4. The van der Waals surface area contributed by atoms with E-state index in [2.05, 4.69) is 95.7 Å². The smallest absolute Gasteiger partial charge is 0.328 e. The SMILES string of the molecule is CC[C@H](C)[C@H](NC(=O)[C@H](CO)NC(=O)[C@H](CCC(=O)O)NC(=O)[C@@H](NC(=O)[C@@H](NC(=O)CNC(=O)[C@H](CC(=O)O)NC(=O)[C@@H](NC(=O)[C@@H](N)CC(C)C)[C@@H](C)CC)C(C)C)[C@@H](C)O)C(=O)NCC(=O)N(C)[C@H](C(=O)N[C@H](C(=O)N[C@H](C(=O)N[C@@H](CCC(N)=O)C(=O)N[C@H](C(=O)N[C@@H](CCC(=O)O)C(=O)N[C@@H](CCCNC(=N)N)C(=O)N[C@@H](Cc1ccccc1)C(=O)N[C@@H](CO)C(=O)O)C(C)C)C(C)C)C(C)C)C(C)(C)C. The average molecular weight is 2080 g/mol. The van der Waals surface area contributed by atoms with Gasteiger partial charge in [0, 0.05) is 39.3 Å². The van der Waals surface area contributed by atoms with Crippen molar-refractivity contribution < 1.29 is 146 Å². The molecule has 0 aromatic heterocycles. The van der Waals surface area contributed by atoms with E-state index in [9.17, 15) is 146 Å². The predicted octanol–water partition coefficient (Wildman–Crippen LogP) is -7.12. The van der Waals surface area contributed by atoms with Gasteiger partial charge in [0.15, 0.2) is 5.96 Å². The summed E-state index contributed by atoms with van der Waals surface area (Å²) in [6, 6.07) is -19.8. The van der Waals surface area contributed by atoms with Gasteiger partial charge in [-0.15, -0.1) is 0 Å². The van der Waals surface area contributed by atoms with E-state index in [1.54, 1.807) is 71.9 Å². The number of carboxylic acids is 4. The third-order valence-corrected chi connectivity index (χ3v) is 23.4. The molecule has 0 fully saturated rings. The molecular formula is C93H155N23O30. The van der Waals surface area contributed by atoms with Crippen LogP contribution in [0.5, 0.6) is 0 Å². The number of likely N-dealkylation sites (N-methyl/N-ethyl adjacent to an activating group) is 1. The van der Waals surface area contributed by atoms with Crippen molar-refractivity contribution in [3.8, 4) is 0 Å². The second-order valence-electron chi connectivity index (χ2n) is 38.7. The highest BCUT2D eigenvalue weighted by molar-refractivity contribution is 6.02. The molecule has 146 heavy (non-hydrogen) atoms. The van der Waals surface area contributed by atoms with Gasteiger partial charge in [0.2, 0.25) is 112 Å². The zero-order valence-electron chi connectivity index (χ0n) is 86.2. The molecule has 0 radical (unpaired) electrons. The normalized spacial score (nSPS) is 15.5. The van der Waals surface area contributed by atoms with Crippen molar-refractivity contribution in [2.75, 3.05) is 39.9 Å². The number of carbonyl (C=O) groups is 23. The summed E-state index contributed by atoms with van der Waals surface area (Å²) in [4.78, 5) is 314. The van der Waals surface area contributed by atoms with E-state index in [1.165, 1.54) is 69.4 Å². The number of nitrogens with one attached hydrogen (secondary N) is 19. The Labute approximate surface area is 847 Å². The molecule has 1 aromatic carbocycles. The molecular weight excluding hydrogens is 1920 g/mol. The van der Waals surface area contributed by atoms with Crippen LogP contribution < -0.4 is 113 Å². The summed E-state index contributed by atoms with van der Waals surface area (Å²) < 4.78 is 0. The summed E-state index contributed by atoms with van der Waals surface area (Å²) >= 11 is 0. The van der Waals surface area contributed by atoms with Crippen LogP contribution in [-0.2, 0) is 117 Å². The minimum Gasteiger partial charge on any atom is -0.481 e. The lowest BCUT2D eigenvalue weighted by Gasteiger charge is -2.38.